The van der Waals surface area contributed by atoms with Crippen LogP contribution < -0.4 is 0 Å². The molecule has 8 N–H and O–H groups in total. The van der Waals surface area contributed by atoms with Crippen molar-refractivity contribution in [3.05, 3.63) is 23.7 Å². The largest absolute Gasteiger partial charge is 0.472 e. The molecular formula is C35H50O20. The summed E-state index contributed by atoms with van der Waals surface area (Å²) < 4.78 is 51.3. The molecule has 0 unspecified atom stereocenters. The second-order valence-corrected chi connectivity index (χ2v) is 15.0. The number of esters is 3. The zero-order valence-electron chi connectivity index (χ0n) is 30.5. The maximum Gasteiger partial charge on any atom is 0.337 e. The molecule has 6 rings (SSSR count). The van der Waals surface area contributed by atoms with Gasteiger partial charge in [-0.15, -0.1) is 0 Å². The number of fused-ring (bicyclic) bond motifs is 2. The highest BCUT2D eigenvalue weighted by atomic mass is 16.8. The van der Waals surface area contributed by atoms with Crippen molar-refractivity contribution in [1.82, 2.24) is 0 Å². The minimum absolute atomic E-state index is 0.0799. The van der Waals surface area contributed by atoms with Crippen molar-refractivity contribution in [3.63, 3.8) is 0 Å². The highest BCUT2D eigenvalue weighted by molar-refractivity contribution is 5.90. The van der Waals surface area contributed by atoms with Crippen LogP contribution in [0.25, 0.3) is 0 Å². The number of methoxy groups -OCH3 is 1. The van der Waals surface area contributed by atoms with Gasteiger partial charge in [0.05, 0.1) is 44.0 Å². The number of aliphatic hydroxyl groups excluding tert-OH is 8. The predicted molar refractivity (Wildman–Crippen MR) is 175 cm³/mol. The van der Waals surface area contributed by atoms with Crippen LogP contribution in [0.4, 0.5) is 0 Å². The molecule has 0 aromatic rings. The van der Waals surface area contributed by atoms with Crippen LogP contribution in [0.1, 0.15) is 33.6 Å². The first-order valence-corrected chi connectivity index (χ1v) is 18.2. The van der Waals surface area contributed by atoms with E-state index in [1.54, 1.807) is 13.8 Å². The van der Waals surface area contributed by atoms with Gasteiger partial charge in [0.15, 0.2) is 12.6 Å². The molecule has 20 atom stereocenters. The van der Waals surface area contributed by atoms with E-state index < -0.39 is 153 Å². The fourth-order valence-electron chi connectivity index (χ4n) is 8.77. The molecule has 20 heteroatoms. The normalized spacial score (nSPS) is 46.5. The molecule has 2 aliphatic carbocycles. The Kier molecular flexibility index (Phi) is 12.8. The molecule has 2 saturated carbocycles. The number of rotatable bonds is 10. The molecule has 4 aliphatic heterocycles. The van der Waals surface area contributed by atoms with E-state index in [4.69, 9.17) is 42.6 Å². The molecule has 4 fully saturated rings. The van der Waals surface area contributed by atoms with Crippen molar-refractivity contribution in [1.29, 1.82) is 0 Å². The zero-order chi connectivity index (χ0) is 40.0. The highest BCUT2D eigenvalue weighted by Crippen LogP contribution is 2.51. The lowest BCUT2D eigenvalue weighted by Crippen LogP contribution is -2.60. The van der Waals surface area contributed by atoms with Gasteiger partial charge in [-0.1, -0.05) is 13.8 Å². The zero-order valence-corrected chi connectivity index (χ0v) is 30.5. The van der Waals surface area contributed by atoms with Crippen LogP contribution in [0.5, 0.6) is 0 Å². The van der Waals surface area contributed by atoms with Crippen LogP contribution in [0.3, 0.4) is 0 Å². The topological polar surface area (TPSA) is 296 Å². The van der Waals surface area contributed by atoms with Gasteiger partial charge in [0, 0.05) is 42.4 Å². The van der Waals surface area contributed by atoms with E-state index in [1.807, 2.05) is 0 Å². The summed E-state index contributed by atoms with van der Waals surface area (Å²) in [7, 11) is 1.19. The third-order valence-electron chi connectivity index (χ3n) is 11.8. The Balaban J connectivity index is 1.21. The van der Waals surface area contributed by atoms with E-state index in [0.717, 1.165) is 12.5 Å². The van der Waals surface area contributed by atoms with E-state index in [9.17, 15) is 55.2 Å². The van der Waals surface area contributed by atoms with E-state index in [1.165, 1.54) is 14.0 Å². The summed E-state index contributed by atoms with van der Waals surface area (Å²) >= 11 is 0. The van der Waals surface area contributed by atoms with Crippen LogP contribution in [-0.2, 0) is 57.0 Å². The van der Waals surface area contributed by atoms with Crippen LogP contribution in [-0.4, -0.2) is 165 Å². The van der Waals surface area contributed by atoms with Crippen LogP contribution in [0, 0.1) is 35.5 Å². The minimum atomic E-state index is -1.74. The van der Waals surface area contributed by atoms with E-state index in [2.05, 4.69) is 0 Å². The van der Waals surface area contributed by atoms with Crippen molar-refractivity contribution < 1.29 is 97.9 Å². The van der Waals surface area contributed by atoms with Crippen molar-refractivity contribution in [2.24, 2.45) is 35.5 Å². The summed E-state index contributed by atoms with van der Waals surface area (Å²) in [6.45, 7) is 3.37. The van der Waals surface area contributed by atoms with E-state index in [0.29, 0.717) is 0 Å². The third-order valence-corrected chi connectivity index (χ3v) is 11.8. The average Bonchev–Trinajstić information content (AvgIpc) is 3.66. The van der Waals surface area contributed by atoms with Crippen LogP contribution >= 0.6 is 0 Å². The van der Waals surface area contributed by atoms with E-state index >= 15 is 0 Å². The Morgan fingerprint density at radius 2 is 1.05 bits per heavy atom. The SMILES string of the molecule is COC(=O)C1=CO[C@@H](O[C@@H]2O[C@H](CO)[C@@H](O)[C@H](O)[C@H]2O)[C@@H]2[C@@H](C)[C@@H](OC(=O)C3=CO[C@@H](O[C@@H]4O[C@H](CO)[C@@H](O)[C@H](O)[C@H]4O)[C@@H]4[C@@H](C)[C@@H](OC(C)=O)C[C@H]34)C[C@H]12. The Bertz CT molecular complexity index is 1470. The molecule has 55 heavy (non-hydrogen) atoms. The Morgan fingerprint density at radius 1 is 0.636 bits per heavy atom. The molecule has 310 valence electrons. The van der Waals surface area contributed by atoms with Gasteiger partial charge < -0.3 is 83.5 Å². The fraction of sp³-hybridized carbons (Fsp3) is 0.800. The van der Waals surface area contributed by atoms with Crippen molar-refractivity contribution >= 4 is 17.9 Å². The van der Waals surface area contributed by atoms with Crippen molar-refractivity contribution in [2.75, 3.05) is 20.3 Å². The molecule has 0 radical (unpaired) electrons. The monoisotopic (exact) mass is 790 g/mol. The number of carbonyl (C=O) groups excluding carboxylic acids is 3. The van der Waals surface area contributed by atoms with Crippen LogP contribution in [0.2, 0.25) is 0 Å². The number of hydrogen-bond donors (Lipinski definition) is 8. The summed E-state index contributed by atoms with van der Waals surface area (Å²) in [5, 5.41) is 81.5. The first-order chi connectivity index (χ1) is 26.1. The van der Waals surface area contributed by atoms with Gasteiger partial charge in [-0.05, 0) is 12.8 Å². The van der Waals surface area contributed by atoms with Crippen LogP contribution in [0.15, 0.2) is 23.7 Å². The number of hydrogen-bond acceptors (Lipinski definition) is 20. The predicted octanol–water partition coefficient (Wildman–Crippen LogP) is -3.34. The first kappa shape index (κ1) is 41.6. The van der Waals surface area contributed by atoms with Gasteiger partial charge in [-0.2, -0.15) is 0 Å². The molecule has 0 aromatic heterocycles. The van der Waals surface area contributed by atoms with Crippen molar-refractivity contribution in [2.45, 2.75) is 120 Å². The lowest BCUT2D eigenvalue weighted by molar-refractivity contribution is -0.343. The van der Waals surface area contributed by atoms with Gasteiger partial charge in [0.2, 0.25) is 12.6 Å². The molecule has 2 saturated heterocycles. The lowest BCUT2D eigenvalue weighted by Gasteiger charge is -2.43. The number of ether oxygens (including phenoxy) is 9. The molecule has 0 bridgehead atoms. The molecule has 20 nitrogen and oxygen atoms in total. The van der Waals surface area contributed by atoms with Gasteiger partial charge in [0.1, 0.15) is 61.0 Å². The number of carbonyl (C=O) groups is 3. The van der Waals surface area contributed by atoms with Gasteiger partial charge in [-0.3, -0.25) is 4.79 Å². The second-order valence-electron chi connectivity index (χ2n) is 15.0. The van der Waals surface area contributed by atoms with Gasteiger partial charge in [0.25, 0.3) is 0 Å². The Morgan fingerprint density at radius 3 is 1.45 bits per heavy atom. The first-order valence-electron chi connectivity index (χ1n) is 18.2. The molecule has 0 amide bonds. The molecular weight excluding hydrogens is 740 g/mol. The Labute approximate surface area is 315 Å². The highest BCUT2D eigenvalue weighted by Gasteiger charge is 2.57. The summed E-state index contributed by atoms with van der Waals surface area (Å²) in [5.41, 5.74) is 0.213. The fourth-order valence-corrected chi connectivity index (χ4v) is 8.77. The maximum atomic E-state index is 14.1. The lowest BCUT2D eigenvalue weighted by atomic mass is 9.83. The average molecular weight is 791 g/mol. The van der Waals surface area contributed by atoms with Gasteiger partial charge in [-0.25, -0.2) is 9.59 Å². The second kappa shape index (κ2) is 16.9. The summed E-state index contributed by atoms with van der Waals surface area (Å²) in [6.07, 6.45) is -17.2. The quantitative estimate of drug-likeness (QED) is 0.0793. The smallest absolute Gasteiger partial charge is 0.337 e. The standard InChI is InChI=1S/C35H50O20/c1-11-18(50-13(3)38)5-15-17(10-49-32(22(11)15)54-34-28(43)26(41)24(39)20(7-36)52-34)31(46)51-19-6-14-16(30(45)47-4)9-48-33(23(14)12(19)2)55-35-29(44)27(42)25(40)21(8-37)53-35/h9-12,14-15,18-29,32-37,39-44H,5-8H2,1-4H3/t11-,12-,14+,15+,18-,19-,20+,21+,22+,23+,24+,25+,26-,27-,28+,29+,32-,33-,34-,35-/m0/s1. The molecule has 0 spiro atoms. The Hall–Kier alpha value is -2.99. The van der Waals surface area contributed by atoms with E-state index in [-0.39, 0.29) is 24.0 Å². The summed E-state index contributed by atoms with van der Waals surface area (Å²) in [6, 6.07) is 0. The maximum absolute atomic E-state index is 14.1. The molecule has 4 heterocycles. The van der Waals surface area contributed by atoms with Crippen molar-refractivity contribution in [3.8, 4) is 0 Å². The summed E-state index contributed by atoms with van der Waals surface area (Å²) in [5.74, 6) is -5.81. The molecule has 0 aromatic carbocycles. The summed E-state index contributed by atoms with van der Waals surface area (Å²) in [4.78, 5) is 38.9. The van der Waals surface area contributed by atoms with Gasteiger partial charge >= 0.3 is 17.9 Å². The molecule has 6 aliphatic rings. The number of aliphatic hydroxyl groups is 8. The third kappa shape index (κ3) is 7.84. The minimum Gasteiger partial charge on any atom is -0.472 e.